The van der Waals surface area contributed by atoms with Gasteiger partial charge >= 0.3 is 0 Å². The highest BCUT2D eigenvalue weighted by atomic mass is 16.5. The van der Waals surface area contributed by atoms with E-state index in [2.05, 4.69) is 25.2 Å². The fourth-order valence-corrected chi connectivity index (χ4v) is 1.89. The topological polar surface area (TPSA) is 30.5 Å². The van der Waals surface area contributed by atoms with E-state index in [9.17, 15) is 0 Å². The first-order valence-electron chi connectivity index (χ1n) is 6.35. The van der Waals surface area contributed by atoms with E-state index in [-0.39, 0.29) is 0 Å². The van der Waals surface area contributed by atoms with Crippen LogP contribution in [0.1, 0.15) is 25.8 Å². The largest absolute Gasteiger partial charge is 0.490 e. The summed E-state index contributed by atoms with van der Waals surface area (Å²) in [5.74, 6) is 2.46. The van der Waals surface area contributed by atoms with Crippen molar-refractivity contribution in [3.05, 3.63) is 23.8 Å². The molecular weight excluding hydrogens is 214 g/mol. The molecule has 0 atom stereocenters. The van der Waals surface area contributed by atoms with Crippen LogP contribution in [0.5, 0.6) is 11.5 Å². The normalized spacial score (nSPS) is 14.8. The number of hydrogen-bond acceptors (Lipinski definition) is 3. The summed E-state index contributed by atoms with van der Waals surface area (Å²) in [7, 11) is 0. The monoisotopic (exact) mass is 235 g/mol. The Morgan fingerprint density at radius 2 is 2.06 bits per heavy atom. The summed E-state index contributed by atoms with van der Waals surface area (Å²) in [4.78, 5) is 0. The molecule has 0 fully saturated rings. The number of para-hydroxylation sites is 1. The molecule has 0 aliphatic carbocycles. The van der Waals surface area contributed by atoms with Crippen molar-refractivity contribution in [2.24, 2.45) is 5.92 Å². The van der Waals surface area contributed by atoms with Crippen LogP contribution in [0.25, 0.3) is 0 Å². The van der Waals surface area contributed by atoms with Crippen molar-refractivity contribution in [2.75, 3.05) is 19.8 Å². The molecule has 3 nitrogen and oxygen atoms in total. The zero-order valence-corrected chi connectivity index (χ0v) is 10.7. The second-order valence-corrected chi connectivity index (χ2v) is 4.82. The van der Waals surface area contributed by atoms with Crippen LogP contribution >= 0.6 is 0 Å². The minimum Gasteiger partial charge on any atom is -0.490 e. The van der Waals surface area contributed by atoms with Gasteiger partial charge in [-0.15, -0.1) is 0 Å². The molecule has 0 saturated carbocycles. The number of fused-ring (bicyclic) bond motifs is 1. The lowest BCUT2D eigenvalue weighted by atomic mass is 10.1. The molecule has 1 heterocycles. The third-order valence-corrected chi connectivity index (χ3v) is 2.72. The van der Waals surface area contributed by atoms with Crippen LogP contribution in [0, 0.1) is 5.92 Å². The van der Waals surface area contributed by atoms with E-state index in [0.717, 1.165) is 44.2 Å². The van der Waals surface area contributed by atoms with E-state index in [4.69, 9.17) is 9.47 Å². The summed E-state index contributed by atoms with van der Waals surface area (Å²) in [5.41, 5.74) is 1.19. The highest BCUT2D eigenvalue weighted by Gasteiger charge is 2.13. The summed E-state index contributed by atoms with van der Waals surface area (Å²) >= 11 is 0. The lowest BCUT2D eigenvalue weighted by Crippen LogP contribution is -2.19. The molecule has 1 aliphatic rings. The number of benzene rings is 1. The first-order chi connectivity index (χ1) is 8.27. The van der Waals surface area contributed by atoms with Gasteiger partial charge in [-0.2, -0.15) is 0 Å². The highest BCUT2D eigenvalue weighted by Crippen LogP contribution is 2.33. The number of nitrogens with one attached hydrogen (secondary N) is 1. The molecule has 1 N–H and O–H groups in total. The minimum absolute atomic E-state index is 0.662. The molecule has 0 aromatic heterocycles. The Kier molecular flexibility index (Phi) is 4.26. The molecule has 17 heavy (non-hydrogen) atoms. The van der Waals surface area contributed by atoms with Gasteiger partial charge in [0.15, 0.2) is 11.5 Å². The van der Waals surface area contributed by atoms with Gasteiger partial charge in [0.2, 0.25) is 0 Å². The SMILES string of the molecule is CC(C)CNCc1cccc2c1OCCCO2. The molecule has 1 aliphatic heterocycles. The number of ether oxygens (including phenoxy) is 2. The number of hydrogen-bond donors (Lipinski definition) is 1. The first-order valence-corrected chi connectivity index (χ1v) is 6.35. The number of rotatable bonds is 4. The summed E-state index contributed by atoms with van der Waals surface area (Å²) in [6.07, 6.45) is 0.952. The molecule has 3 heteroatoms. The van der Waals surface area contributed by atoms with Gasteiger partial charge in [-0.05, 0) is 18.5 Å². The van der Waals surface area contributed by atoms with Crippen molar-refractivity contribution < 1.29 is 9.47 Å². The van der Waals surface area contributed by atoms with Gasteiger partial charge in [0.1, 0.15) is 0 Å². The van der Waals surface area contributed by atoms with Crippen LogP contribution < -0.4 is 14.8 Å². The van der Waals surface area contributed by atoms with Crippen LogP contribution in [0.3, 0.4) is 0 Å². The summed E-state index contributed by atoms with van der Waals surface area (Å²) in [6, 6.07) is 6.10. The Morgan fingerprint density at radius 3 is 2.88 bits per heavy atom. The van der Waals surface area contributed by atoms with E-state index in [1.807, 2.05) is 12.1 Å². The van der Waals surface area contributed by atoms with Crippen molar-refractivity contribution in [2.45, 2.75) is 26.8 Å². The maximum atomic E-state index is 5.77. The quantitative estimate of drug-likeness (QED) is 0.870. The molecular formula is C14H21NO2. The Labute approximate surface area is 103 Å². The van der Waals surface area contributed by atoms with Gasteiger partial charge in [-0.1, -0.05) is 26.0 Å². The standard InChI is InChI=1S/C14H21NO2/c1-11(2)9-15-10-12-5-3-6-13-14(12)17-8-4-7-16-13/h3,5-6,11,15H,4,7-10H2,1-2H3. The Morgan fingerprint density at radius 1 is 1.24 bits per heavy atom. The van der Waals surface area contributed by atoms with Gasteiger partial charge < -0.3 is 14.8 Å². The Hall–Kier alpha value is -1.22. The van der Waals surface area contributed by atoms with E-state index >= 15 is 0 Å². The van der Waals surface area contributed by atoms with Gasteiger partial charge in [-0.3, -0.25) is 0 Å². The van der Waals surface area contributed by atoms with Crippen LogP contribution in [0.15, 0.2) is 18.2 Å². The first kappa shape index (κ1) is 12.2. The fraction of sp³-hybridized carbons (Fsp3) is 0.571. The average Bonchev–Trinajstić information content (AvgIpc) is 2.54. The average molecular weight is 235 g/mol. The van der Waals surface area contributed by atoms with E-state index in [1.54, 1.807) is 0 Å². The van der Waals surface area contributed by atoms with Crippen LogP contribution in [0.4, 0.5) is 0 Å². The minimum atomic E-state index is 0.662. The zero-order valence-electron chi connectivity index (χ0n) is 10.7. The predicted molar refractivity (Wildman–Crippen MR) is 68.6 cm³/mol. The van der Waals surface area contributed by atoms with Gasteiger partial charge in [0, 0.05) is 18.5 Å². The highest BCUT2D eigenvalue weighted by molar-refractivity contribution is 5.46. The molecule has 1 aromatic carbocycles. The summed E-state index contributed by atoms with van der Waals surface area (Å²) in [6.45, 7) is 7.76. The van der Waals surface area contributed by atoms with E-state index in [1.165, 1.54) is 5.56 Å². The van der Waals surface area contributed by atoms with Crippen LogP contribution in [0.2, 0.25) is 0 Å². The molecule has 0 radical (unpaired) electrons. The van der Waals surface area contributed by atoms with Crippen molar-refractivity contribution in [1.82, 2.24) is 5.32 Å². The van der Waals surface area contributed by atoms with Gasteiger partial charge in [0.05, 0.1) is 13.2 Å². The second kappa shape index (κ2) is 5.92. The molecule has 0 bridgehead atoms. The maximum Gasteiger partial charge on any atom is 0.165 e. The van der Waals surface area contributed by atoms with Crippen molar-refractivity contribution in [3.63, 3.8) is 0 Å². The smallest absolute Gasteiger partial charge is 0.165 e. The molecule has 2 rings (SSSR count). The second-order valence-electron chi connectivity index (χ2n) is 4.82. The van der Waals surface area contributed by atoms with Crippen molar-refractivity contribution in [1.29, 1.82) is 0 Å². The van der Waals surface area contributed by atoms with Crippen molar-refractivity contribution >= 4 is 0 Å². The predicted octanol–water partition coefficient (Wildman–Crippen LogP) is 2.59. The third kappa shape index (κ3) is 3.37. The third-order valence-electron chi connectivity index (χ3n) is 2.72. The van der Waals surface area contributed by atoms with Crippen LogP contribution in [-0.4, -0.2) is 19.8 Å². The van der Waals surface area contributed by atoms with E-state index < -0.39 is 0 Å². The van der Waals surface area contributed by atoms with Gasteiger partial charge in [0.25, 0.3) is 0 Å². The Balaban J connectivity index is 2.06. The fourth-order valence-electron chi connectivity index (χ4n) is 1.89. The maximum absolute atomic E-state index is 5.77. The molecule has 0 saturated heterocycles. The molecule has 0 spiro atoms. The molecule has 1 aromatic rings. The lowest BCUT2D eigenvalue weighted by Gasteiger charge is -2.13. The molecule has 0 amide bonds. The molecule has 0 unspecified atom stereocenters. The van der Waals surface area contributed by atoms with E-state index in [0.29, 0.717) is 5.92 Å². The zero-order chi connectivity index (χ0) is 12.1. The summed E-state index contributed by atoms with van der Waals surface area (Å²) in [5, 5.41) is 3.44. The lowest BCUT2D eigenvalue weighted by molar-refractivity contribution is 0.296. The molecule has 94 valence electrons. The Bertz CT molecular complexity index is 363. The van der Waals surface area contributed by atoms with Crippen LogP contribution in [-0.2, 0) is 6.54 Å². The summed E-state index contributed by atoms with van der Waals surface area (Å²) < 4.78 is 11.4. The van der Waals surface area contributed by atoms with Crippen molar-refractivity contribution in [3.8, 4) is 11.5 Å². The van der Waals surface area contributed by atoms with Gasteiger partial charge in [-0.25, -0.2) is 0 Å².